The zero-order valence-electron chi connectivity index (χ0n) is 43.1. The number of rotatable bonds is 8. The molecule has 4 atom stereocenters. The van der Waals surface area contributed by atoms with Crippen molar-refractivity contribution in [3.05, 3.63) is 94.1 Å². The van der Waals surface area contributed by atoms with E-state index in [1.54, 1.807) is 62.4 Å². The zero-order valence-corrected chi connectivity index (χ0v) is 43.1. The average Bonchev–Trinajstić information content (AvgIpc) is 3.70. The molecule has 0 saturated heterocycles. The van der Waals surface area contributed by atoms with Gasteiger partial charge in [-0.2, -0.15) is 0 Å². The maximum atomic E-state index is 14.9. The Kier molecular flexibility index (Phi) is 14.8. The topological polar surface area (TPSA) is 151 Å². The third-order valence-electron chi connectivity index (χ3n) is 14.7. The highest BCUT2D eigenvalue weighted by molar-refractivity contribution is 6.34. The predicted molar refractivity (Wildman–Crippen MR) is 269 cm³/mol. The summed E-state index contributed by atoms with van der Waals surface area (Å²) in [5, 5.41) is 5.85. The molecule has 2 fully saturated rings. The number of benzene rings is 2. The first-order valence-electron chi connectivity index (χ1n) is 24.3. The Morgan fingerprint density at radius 1 is 0.597 bits per heavy atom. The third-order valence-corrected chi connectivity index (χ3v) is 14.7. The van der Waals surface area contributed by atoms with E-state index in [4.69, 9.17) is 19.5 Å². The largest absolute Gasteiger partial charge is 0.458 e. The Hall–Kier alpha value is -5.32. The van der Waals surface area contributed by atoms with Gasteiger partial charge in [-0.25, -0.2) is 19.6 Å². The standard InChI is InChI=1S/C56H77N5O6/c1-31-27-37(53(5,6)7)43(38(28-31)54(8,9)10)66-51(64)41-33(3)45(58-47(41)60-49(62)35-23-19-17-20-24-35)57-46-34(4)42(48(59-46)61-50(63)36-25-21-18-22-26-36)52(65)67-44-39(55(11,12)13)29-32(2)30-40(44)56(14,15)16/h17-26,31-32,37-40,43-44,58H,27-30H2,1-16H3,(H,60,62)(H,57,59,61,63). The molecule has 3 N–H and O–H groups in total. The van der Waals surface area contributed by atoms with Crippen LogP contribution in [0.15, 0.2) is 81.8 Å². The van der Waals surface area contributed by atoms with Crippen LogP contribution in [0.3, 0.4) is 0 Å². The molecule has 0 bridgehead atoms. The van der Waals surface area contributed by atoms with Crippen molar-refractivity contribution >= 4 is 47.1 Å². The van der Waals surface area contributed by atoms with Crippen molar-refractivity contribution in [1.82, 2.24) is 10.3 Å². The van der Waals surface area contributed by atoms with Crippen LogP contribution in [-0.2, 0) is 14.3 Å². The van der Waals surface area contributed by atoms with E-state index in [0.29, 0.717) is 34.1 Å². The van der Waals surface area contributed by atoms with Crippen molar-refractivity contribution < 1.29 is 28.7 Å². The molecule has 11 heteroatoms. The number of carbonyl (C=O) groups excluding carboxylic acids is 4. The lowest BCUT2D eigenvalue weighted by molar-refractivity contribution is -0.164. The van der Waals surface area contributed by atoms with Crippen LogP contribution < -0.4 is 10.6 Å². The second kappa shape index (κ2) is 19.4. The zero-order chi connectivity index (χ0) is 49.6. The van der Waals surface area contributed by atoms with E-state index in [0.717, 1.165) is 25.7 Å². The second-order valence-corrected chi connectivity index (χ2v) is 24.2. The van der Waals surface area contributed by atoms with Crippen molar-refractivity contribution in [3.63, 3.8) is 0 Å². The number of hydrogen-bond acceptors (Lipinski definition) is 7. The van der Waals surface area contributed by atoms with Gasteiger partial charge in [0.15, 0.2) is 5.84 Å². The Bertz CT molecular complexity index is 2370. The first-order valence-corrected chi connectivity index (χ1v) is 24.3. The summed E-state index contributed by atoms with van der Waals surface area (Å²) in [6.45, 7) is 34.5. The number of esters is 2. The van der Waals surface area contributed by atoms with Crippen molar-refractivity contribution in [2.75, 3.05) is 5.32 Å². The lowest BCUT2D eigenvalue weighted by Crippen LogP contribution is -2.50. The van der Waals surface area contributed by atoms with Crippen LogP contribution in [0.2, 0.25) is 0 Å². The van der Waals surface area contributed by atoms with Gasteiger partial charge in [0.05, 0.1) is 0 Å². The smallest absolute Gasteiger partial charge is 0.342 e. The minimum absolute atomic E-state index is 0.0216. The molecule has 1 aliphatic heterocycles. The monoisotopic (exact) mass is 916 g/mol. The first kappa shape index (κ1) is 51.1. The van der Waals surface area contributed by atoms with Crippen LogP contribution in [0.5, 0.6) is 0 Å². The number of amides is 2. The molecule has 3 aliphatic rings. The SMILES string of the molecule is CC1=C(C(=O)OC2C(C(C)(C)C)CC(C)CC2C(C)(C)C)C(NC(=O)c2ccccc2)=NC1=Nc1[nH]c(NC(=O)c2ccccc2)c(C(=O)OC2C(C(C)(C)C)CC(C)CC2C(C)(C)C)c1C. The molecule has 3 aromatic rings. The van der Waals surface area contributed by atoms with Crippen molar-refractivity contribution in [2.24, 2.45) is 67.2 Å². The Balaban J connectivity index is 1.46. The quantitative estimate of drug-likeness (QED) is 0.191. The van der Waals surface area contributed by atoms with E-state index in [9.17, 15) is 19.2 Å². The number of aliphatic imine (C=N–C) groups is 2. The number of H-pyrrole nitrogens is 1. The maximum absolute atomic E-state index is 14.9. The summed E-state index contributed by atoms with van der Waals surface area (Å²) in [5.74, 6) is -0.263. The van der Waals surface area contributed by atoms with Gasteiger partial charge in [0.25, 0.3) is 11.8 Å². The molecule has 1 aromatic heterocycles. The van der Waals surface area contributed by atoms with Crippen molar-refractivity contribution in [3.8, 4) is 0 Å². The Morgan fingerprint density at radius 3 is 1.39 bits per heavy atom. The number of nitrogens with one attached hydrogen (secondary N) is 3. The third kappa shape index (κ3) is 11.5. The number of hydrogen-bond donors (Lipinski definition) is 3. The summed E-state index contributed by atoms with van der Waals surface area (Å²) in [6, 6.07) is 17.5. The van der Waals surface area contributed by atoms with Crippen LogP contribution in [0, 0.1) is 64.1 Å². The average molecular weight is 916 g/mol. The maximum Gasteiger partial charge on any atom is 0.342 e. The minimum atomic E-state index is -0.593. The van der Waals surface area contributed by atoms with E-state index >= 15 is 0 Å². The Labute approximate surface area is 399 Å². The fraction of sp³-hybridized carbons (Fsp3) is 0.571. The molecular weight excluding hydrogens is 839 g/mol. The number of ether oxygens (including phenoxy) is 2. The summed E-state index contributed by atoms with van der Waals surface area (Å²) in [6.07, 6.45) is 2.89. The van der Waals surface area contributed by atoms with Gasteiger partial charge < -0.3 is 25.1 Å². The first-order chi connectivity index (χ1) is 31.1. The molecule has 2 aromatic carbocycles. The number of carbonyl (C=O) groups is 4. The normalized spacial score (nSPS) is 25.7. The van der Waals surface area contributed by atoms with Gasteiger partial charge in [0.1, 0.15) is 40.8 Å². The molecule has 2 heterocycles. The number of amidine groups is 2. The van der Waals surface area contributed by atoms with Crippen molar-refractivity contribution in [1.29, 1.82) is 0 Å². The lowest BCUT2D eigenvalue weighted by atomic mass is 9.59. The van der Waals surface area contributed by atoms with Crippen LogP contribution >= 0.6 is 0 Å². The summed E-state index contributed by atoms with van der Waals surface area (Å²) in [4.78, 5) is 70.3. The van der Waals surface area contributed by atoms with Crippen LogP contribution in [-0.4, -0.2) is 52.6 Å². The molecule has 2 aliphatic carbocycles. The number of aromatic nitrogens is 1. The molecule has 4 unspecified atom stereocenters. The van der Waals surface area contributed by atoms with Gasteiger partial charge >= 0.3 is 11.9 Å². The van der Waals surface area contributed by atoms with Gasteiger partial charge in [-0.15, -0.1) is 0 Å². The fourth-order valence-electron chi connectivity index (χ4n) is 10.8. The highest BCUT2D eigenvalue weighted by Crippen LogP contribution is 2.52. The van der Waals surface area contributed by atoms with Gasteiger partial charge in [0, 0.05) is 45.9 Å². The highest BCUT2D eigenvalue weighted by Gasteiger charge is 2.50. The Morgan fingerprint density at radius 2 is 0.985 bits per heavy atom. The molecule has 0 spiro atoms. The number of nitrogens with zero attached hydrogens (tertiary/aromatic N) is 2. The molecule has 2 amide bonds. The highest BCUT2D eigenvalue weighted by atomic mass is 16.5. The van der Waals surface area contributed by atoms with E-state index in [2.05, 4.69) is 113 Å². The molecule has 6 rings (SSSR count). The van der Waals surface area contributed by atoms with Gasteiger partial charge in [0.2, 0.25) is 0 Å². The van der Waals surface area contributed by atoms with E-state index in [1.165, 1.54) is 0 Å². The van der Waals surface area contributed by atoms with E-state index < -0.39 is 29.9 Å². The van der Waals surface area contributed by atoms with Gasteiger partial charge in [-0.3, -0.25) is 9.59 Å². The summed E-state index contributed by atoms with van der Waals surface area (Å²) in [7, 11) is 0. The van der Waals surface area contributed by atoms with E-state index in [1.807, 2.05) is 12.1 Å². The van der Waals surface area contributed by atoms with Crippen molar-refractivity contribution in [2.45, 2.75) is 149 Å². The van der Waals surface area contributed by atoms with Crippen LogP contribution in [0.4, 0.5) is 11.6 Å². The van der Waals surface area contributed by atoms with Gasteiger partial charge in [-0.05, 0) is 97.3 Å². The van der Waals surface area contributed by atoms with Crippen LogP contribution in [0.1, 0.15) is 166 Å². The molecule has 362 valence electrons. The molecular formula is C56H77N5O6. The molecule has 0 radical (unpaired) electrons. The minimum Gasteiger partial charge on any atom is -0.458 e. The van der Waals surface area contributed by atoms with Gasteiger partial charge in [-0.1, -0.05) is 133 Å². The second-order valence-electron chi connectivity index (χ2n) is 24.2. The summed E-state index contributed by atoms with van der Waals surface area (Å²) >= 11 is 0. The molecule has 2 saturated carbocycles. The summed E-state index contributed by atoms with van der Waals surface area (Å²) < 4.78 is 13.4. The van der Waals surface area contributed by atoms with E-state index in [-0.39, 0.29) is 85.9 Å². The lowest BCUT2D eigenvalue weighted by Gasteiger charge is -2.50. The fourth-order valence-corrected chi connectivity index (χ4v) is 10.8. The predicted octanol–water partition coefficient (Wildman–Crippen LogP) is 12.7. The number of anilines is 1. The van der Waals surface area contributed by atoms with Crippen LogP contribution in [0.25, 0.3) is 0 Å². The summed E-state index contributed by atoms with van der Waals surface area (Å²) in [5.41, 5.74) is 1.27. The molecule has 67 heavy (non-hydrogen) atoms. The molecule has 11 nitrogen and oxygen atoms in total. The number of aromatic amines is 1.